The van der Waals surface area contributed by atoms with Gasteiger partial charge in [0.2, 0.25) is 0 Å². The van der Waals surface area contributed by atoms with E-state index in [1.54, 1.807) is 0 Å². The second-order valence-corrected chi connectivity index (χ2v) is 29.0. The summed E-state index contributed by atoms with van der Waals surface area (Å²) in [5.74, 6) is -1.46. The molecule has 4 heterocycles. The fourth-order valence-electron chi connectivity index (χ4n) is 12.7. The quantitative estimate of drug-likeness (QED) is 0.0167. The van der Waals surface area contributed by atoms with Gasteiger partial charge in [-0.2, -0.15) is 0 Å². The third kappa shape index (κ3) is 30.0. The van der Waals surface area contributed by atoms with E-state index in [0.29, 0.717) is 25.7 Å². The smallest absolute Gasteiger partial charge is 0.462 e. The summed E-state index contributed by atoms with van der Waals surface area (Å²) in [6.45, 7) is -0.940. The van der Waals surface area contributed by atoms with Crippen LogP contribution in [0, 0.1) is 0 Å². The zero-order chi connectivity index (χ0) is 75.6. The van der Waals surface area contributed by atoms with Gasteiger partial charge in [-0.05, 0) is 44.9 Å². The molecular weight excluding hydrogens is 1390 g/mol. The van der Waals surface area contributed by atoms with Crippen molar-refractivity contribution < 1.29 is 162 Å². The average Bonchev–Trinajstić information content (AvgIpc) is 0.758. The van der Waals surface area contributed by atoms with Crippen LogP contribution in [-0.4, -0.2) is 309 Å². The summed E-state index contributed by atoms with van der Waals surface area (Å²) in [7, 11) is -5.82. The highest BCUT2D eigenvalue weighted by Crippen LogP contribution is 2.49. The monoisotopic (exact) mass is 1510 g/mol. The van der Waals surface area contributed by atoms with E-state index in [2.05, 4.69) is 38.2 Å². The number of aliphatic hydroxyl groups excluding tert-OH is 17. The number of carbonyl (C=O) groups excluding carboxylic acids is 2. The molecule has 4 aliphatic heterocycles. The van der Waals surface area contributed by atoms with Crippen molar-refractivity contribution in [1.82, 2.24) is 0 Å². The Morgan fingerprint density at radius 1 is 0.388 bits per heavy atom. The average molecular weight is 1510 g/mol. The van der Waals surface area contributed by atoms with Crippen molar-refractivity contribution in [2.24, 2.45) is 0 Å². The molecule has 0 bridgehead atoms. The Hall–Kier alpha value is -2.47. The third-order valence-corrected chi connectivity index (χ3v) is 20.2. The van der Waals surface area contributed by atoms with Crippen LogP contribution in [0.5, 0.6) is 0 Å². The number of unbranched alkanes of at least 4 members (excludes halogenated alkanes) is 22. The summed E-state index contributed by atoms with van der Waals surface area (Å²) in [6.07, 6.45) is -20.9. The van der Waals surface area contributed by atoms with Crippen LogP contribution in [0.3, 0.4) is 0 Å². The lowest BCUT2D eigenvalue weighted by Gasteiger charge is -2.49. The zero-order valence-corrected chi connectivity index (χ0v) is 60.5. The van der Waals surface area contributed by atoms with Gasteiger partial charge in [-0.25, -0.2) is 4.57 Å². The van der Waals surface area contributed by atoms with Gasteiger partial charge in [-0.3, -0.25) is 18.6 Å². The molecule has 0 aromatic carbocycles. The number of rotatable bonds is 50. The van der Waals surface area contributed by atoms with Crippen LogP contribution >= 0.6 is 7.82 Å². The van der Waals surface area contributed by atoms with Crippen LogP contribution in [0.4, 0.5) is 0 Å². The van der Waals surface area contributed by atoms with E-state index >= 15 is 0 Å². The van der Waals surface area contributed by atoms with Crippen molar-refractivity contribution in [3.8, 4) is 0 Å². The number of esters is 2. The van der Waals surface area contributed by atoms with Crippen molar-refractivity contribution in [3.63, 3.8) is 0 Å². The maximum Gasteiger partial charge on any atom is 0.472 e. The van der Waals surface area contributed by atoms with Gasteiger partial charge >= 0.3 is 19.8 Å². The molecule has 28 atom stereocenters. The fourth-order valence-corrected chi connectivity index (χ4v) is 13.7. The zero-order valence-electron chi connectivity index (χ0n) is 59.6. The fraction of sp³-hybridized carbons (Fsp3) is 0.913. The summed E-state index contributed by atoms with van der Waals surface area (Å²) in [4.78, 5) is 38.2. The summed E-state index contributed by atoms with van der Waals surface area (Å²) in [5, 5.41) is 184. The molecule has 34 heteroatoms. The van der Waals surface area contributed by atoms with Gasteiger partial charge < -0.3 is 139 Å². The molecule has 0 aromatic rings. The highest BCUT2D eigenvalue weighted by molar-refractivity contribution is 7.47. The van der Waals surface area contributed by atoms with Crippen molar-refractivity contribution in [3.05, 3.63) is 24.3 Å². The molecule has 33 nitrogen and oxygen atoms in total. The van der Waals surface area contributed by atoms with E-state index in [0.717, 1.165) is 70.6 Å². The van der Waals surface area contributed by atoms with Gasteiger partial charge in [0.05, 0.1) is 33.0 Å². The lowest BCUT2D eigenvalue weighted by Crippen LogP contribution is -2.69. The highest BCUT2D eigenvalue weighted by Gasteiger charge is 2.59. The molecule has 18 N–H and O–H groups in total. The number of hydrogen-bond acceptors (Lipinski definition) is 32. The Bertz CT molecular complexity index is 2400. The van der Waals surface area contributed by atoms with Crippen molar-refractivity contribution in [2.45, 2.75) is 359 Å². The van der Waals surface area contributed by atoms with Crippen LogP contribution in [0.25, 0.3) is 0 Å². The number of aliphatic hydroxyl groups is 17. The van der Waals surface area contributed by atoms with Crippen molar-refractivity contribution in [1.29, 1.82) is 0 Å². The van der Waals surface area contributed by atoms with Crippen molar-refractivity contribution >= 4 is 19.8 Å². The number of phosphoric ester groups is 1. The predicted octanol–water partition coefficient (Wildman–Crippen LogP) is 0.134. The normalized spacial score (nSPS) is 36.1. The molecule has 5 fully saturated rings. The van der Waals surface area contributed by atoms with Crippen LogP contribution in [0.1, 0.15) is 194 Å². The van der Waals surface area contributed by atoms with Crippen molar-refractivity contribution in [2.75, 3.05) is 39.6 Å². The third-order valence-electron chi connectivity index (χ3n) is 19.2. The SMILES string of the molecule is CCCCC/C=C\C/C=C\CCCCCCCC(=O)OC[C@H](COP(=O)(O)O[C@@H]1C(O[C@@H]2OC(CO[C@@H]3OC(CO[C@@H]4OC(CO)[C@H](O)C(O)[C@@H]4O)[C@H](O)C(O)[C@@H]3O)[C@H](O)C(O)[C@@H]2O)C(O)[C@@H](O)C(O)[C@H]1O[C@H]1OC(CO)[C@@H](O)C(O)[C@H]1O)OC(=O)CCCCCCCCCCCCCCCCC. The molecule has 5 rings (SSSR count). The Kier molecular flexibility index (Phi) is 43.3. The molecule has 602 valence electrons. The molecule has 12 unspecified atom stereocenters. The molecule has 0 radical (unpaired) electrons. The number of ether oxygens (including phenoxy) is 10. The Labute approximate surface area is 603 Å². The first-order valence-electron chi connectivity index (χ1n) is 37.2. The Morgan fingerprint density at radius 2 is 0.728 bits per heavy atom. The Morgan fingerprint density at radius 3 is 1.17 bits per heavy atom. The van der Waals surface area contributed by atoms with Crippen LogP contribution in [-0.2, 0) is 70.6 Å². The molecule has 4 saturated heterocycles. The number of allylic oxidation sites excluding steroid dienone is 4. The minimum atomic E-state index is -5.82. The highest BCUT2D eigenvalue weighted by atomic mass is 31.2. The summed E-state index contributed by atoms with van der Waals surface area (Å²) in [5.41, 5.74) is 0. The molecule has 0 aromatic heterocycles. The Balaban J connectivity index is 1.29. The number of phosphoric acid groups is 1. The van der Waals surface area contributed by atoms with Gasteiger partial charge in [0, 0.05) is 12.8 Å². The van der Waals surface area contributed by atoms with Gasteiger partial charge in [-0.1, -0.05) is 160 Å². The molecular formula is C69H123O33P. The molecule has 103 heavy (non-hydrogen) atoms. The summed E-state index contributed by atoms with van der Waals surface area (Å²) in [6, 6.07) is 0. The van der Waals surface area contributed by atoms with E-state index in [1.807, 2.05) is 0 Å². The number of carbonyl (C=O) groups is 2. The van der Waals surface area contributed by atoms with E-state index in [4.69, 9.17) is 56.4 Å². The maximum atomic E-state index is 14.4. The first-order valence-corrected chi connectivity index (χ1v) is 38.7. The molecule has 1 saturated carbocycles. The lowest BCUT2D eigenvalue weighted by molar-refractivity contribution is -0.365. The van der Waals surface area contributed by atoms with Gasteiger partial charge in [-0.15, -0.1) is 0 Å². The molecule has 0 amide bonds. The first kappa shape index (κ1) is 91.1. The minimum Gasteiger partial charge on any atom is -0.462 e. The minimum absolute atomic E-state index is 0.0196. The molecule has 0 spiro atoms. The summed E-state index contributed by atoms with van der Waals surface area (Å²) >= 11 is 0. The van der Waals surface area contributed by atoms with E-state index in [-0.39, 0.29) is 12.8 Å². The number of hydrogen-bond donors (Lipinski definition) is 18. The second kappa shape index (κ2) is 48.9. The topological polar surface area (TPSA) is 526 Å². The molecule has 1 aliphatic carbocycles. The van der Waals surface area contributed by atoms with Gasteiger partial charge in [0.1, 0.15) is 141 Å². The van der Waals surface area contributed by atoms with Crippen LogP contribution < -0.4 is 0 Å². The lowest BCUT2D eigenvalue weighted by atomic mass is 9.84. The largest absolute Gasteiger partial charge is 0.472 e. The van der Waals surface area contributed by atoms with Gasteiger partial charge in [0.15, 0.2) is 31.3 Å². The maximum absolute atomic E-state index is 14.4. The van der Waals surface area contributed by atoms with Crippen LogP contribution in [0.2, 0.25) is 0 Å². The van der Waals surface area contributed by atoms with E-state index < -0.39 is 225 Å². The second-order valence-electron chi connectivity index (χ2n) is 27.6. The van der Waals surface area contributed by atoms with E-state index in [9.17, 15) is 106 Å². The standard InChI is InChI=1S/C69H123O33P/c1-3-5-7-9-11-13-15-17-19-21-23-25-27-29-31-33-46(72)91-37-41(95-47(73)34-32-30-28-26-24-22-20-18-16-14-12-10-8-6-4-2)38-94-103(89,90)102-65-63(100-68-61(87)53(79)49(75)43(36-71)97-68)57(83)56(82)58(84)64(65)101-69-62(88)55(81)51(77)45(99-69)40-93-67-60(86)54(80)50(76)44(98-67)39-92-66-59(85)52(78)48(74)42(35-70)96-66/h11,13,17,19,41-45,48-71,74-88H,3-10,12,14-16,18,20-40H2,1-2H3,(H,89,90)/b13-11-,19-17-/t41-,42?,43?,44?,45?,48+,49-,50+,51+,52?,53?,54?,55?,56+,57?,58?,59+,60+,61-,62+,63-,64?,65+,66-,67-,68-,69+/m1/s1. The molecule has 5 aliphatic rings. The predicted molar refractivity (Wildman–Crippen MR) is 361 cm³/mol. The van der Waals surface area contributed by atoms with E-state index in [1.165, 1.54) is 70.6 Å². The first-order chi connectivity index (χ1) is 49.3. The van der Waals surface area contributed by atoms with Crippen LogP contribution in [0.15, 0.2) is 24.3 Å². The summed E-state index contributed by atoms with van der Waals surface area (Å²) < 4.78 is 81.5. The van der Waals surface area contributed by atoms with Gasteiger partial charge in [0.25, 0.3) is 0 Å².